The zero-order valence-electron chi connectivity index (χ0n) is 17.1. The first kappa shape index (κ1) is 19.6. The number of benzene rings is 1. The summed E-state index contributed by atoms with van der Waals surface area (Å²) < 4.78 is 5.71. The number of amides is 2. The molecule has 2 atom stereocenters. The van der Waals surface area contributed by atoms with Crippen LogP contribution >= 0.6 is 0 Å². The molecule has 152 valence electrons. The van der Waals surface area contributed by atoms with Crippen LogP contribution in [0.2, 0.25) is 0 Å². The van der Waals surface area contributed by atoms with E-state index in [1.165, 1.54) is 4.90 Å². The van der Waals surface area contributed by atoms with Crippen molar-refractivity contribution in [1.29, 1.82) is 0 Å². The average molecular weight is 402 g/mol. The maximum absolute atomic E-state index is 13.3. The Morgan fingerprint density at radius 1 is 1.23 bits per heavy atom. The van der Waals surface area contributed by atoms with E-state index in [9.17, 15) is 9.59 Å². The van der Waals surface area contributed by atoms with Crippen LogP contribution in [0.3, 0.4) is 0 Å². The van der Waals surface area contributed by atoms with Crippen molar-refractivity contribution in [2.45, 2.75) is 26.0 Å². The van der Waals surface area contributed by atoms with Gasteiger partial charge in [-0.2, -0.15) is 4.98 Å². The van der Waals surface area contributed by atoms with Gasteiger partial charge in [0, 0.05) is 12.6 Å². The molecule has 2 aliphatic rings. The molecule has 3 heterocycles. The Morgan fingerprint density at radius 3 is 2.73 bits per heavy atom. The van der Waals surface area contributed by atoms with Crippen LogP contribution in [0.15, 0.2) is 65.3 Å². The molecule has 4 rings (SSSR count). The first-order valence-electron chi connectivity index (χ1n) is 9.65. The van der Waals surface area contributed by atoms with E-state index in [1.54, 1.807) is 37.1 Å². The number of nitrogens with zero attached hydrogens (tertiary/aromatic N) is 4. The molecule has 30 heavy (non-hydrogen) atoms. The highest BCUT2D eigenvalue weighted by Crippen LogP contribution is 2.43. The second-order valence-corrected chi connectivity index (χ2v) is 7.09. The Labute approximate surface area is 175 Å². The average Bonchev–Trinajstić information content (AvgIpc) is 3.05. The number of likely N-dealkylation sites (N-methyl/N-ethyl adjacent to an activating group) is 1. The highest BCUT2D eigenvalue weighted by atomic mass is 16.5. The number of carbonyl (C=O) groups is 2. The van der Waals surface area contributed by atoms with E-state index in [4.69, 9.17) is 4.74 Å². The van der Waals surface area contributed by atoms with Crippen molar-refractivity contribution in [3.63, 3.8) is 0 Å². The topological polar surface area (TPSA) is 75.1 Å². The minimum atomic E-state index is -0.646. The van der Waals surface area contributed by atoms with Gasteiger partial charge in [0.25, 0.3) is 11.8 Å². The lowest BCUT2D eigenvalue weighted by Gasteiger charge is -2.31. The molecule has 0 bridgehead atoms. The van der Waals surface area contributed by atoms with Crippen LogP contribution in [0.1, 0.15) is 35.8 Å². The third kappa shape index (κ3) is 2.99. The summed E-state index contributed by atoms with van der Waals surface area (Å²) in [6, 6.07) is 10.4. The minimum Gasteiger partial charge on any atom is -0.463 e. The van der Waals surface area contributed by atoms with Crippen LogP contribution in [0.25, 0.3) is 0 Å². The quantitative estimate of drug-likeness (QED) is 0.577. The van der Waals surface area contributed by atoms with Crippen LogP contribution in [0.4, 0.5) is 11.5 Å². The van der Waals surface area contributed by atoms with Gasteiger partial charge in [-0.1, -0.05) is 30.4 Å². The minimum absolute atomic E-state index is 0.146. The maximum atomic E-state index is 13.3. The molecule has 1 aromatic heterocycles. The molecule has 0 spiro atoms. The number of anilines is 2. The van der Waals surface area contributed by atoms with E-state index in [1.807, 2.05) is 43.4 Å². The molecule has 2 aliphatic heterocycles. The molecule has 7 nitrogen and oxygen atoms in total. The summed E-state index contributed by atoms with van der Waals surface area (Å²) in [5, 5.41) is 0. The summed E-state index contributed by atoms with van der Waals surface area (Å²) >= 11 is 0. The Morgan fingerprint density at radius 2 is 2.00 bits per heavy atom. The number of ether oxygens (including phenoxy) is 1. The number of carbonyl (C=O) groups excluding carboxylic acids is 2. The SMILES string of the molecule is C=N/C(=C\C=C/C)C1c2ccccc2C(=O)N1c1ccc2c(n1)O[C@H](C)C(=O)N2C. The summed E-state index contributed by atoms with van der Waals surface area (Å²) in [6.45, 7) is 7.29. The normalized spacial score (nSPS) is 21.0. The molecular formula is C23H22N4O3. The van der Waals surface area contributed by atoms with Crippen molar-refractivity contribution in [2.24, 2.45) is 4.99 Å². The monoisotopic (exact) mass is 402 g/mol. The van der Waals surface area contributed by atoms with Crippen LogP contribution in [-0.2, 0) is 4.79 Å². The van der Waals surface area contributed by atoms with Crippen molar-refractivity contribution in [2.75, 3.05) is 16.8 Å². The van der Waals surface area contributed by atoms with Gasteiger partial charge in [0.1, 0.15) is 17.5 Å². The van der Waals surface area contributed by atoms with E-state index in [0.717, 1.165) is 5.56 Å². The zero-order chi connectivity index (χ0) is 21.4. The van der Waals surface area contributed by atoms with Gasteiger partial charge in [-0.3, -0.25) is 19.5 Å². The molecular weight excluding hydrogens is 380 g/mol. The first-order chi connectivity index (χ1) is 14.5. The van der Waals surface area contributed by atoms with Gasteiger partial charge in [-0.15, -0.1) is 0 Å². The highest BCUT2D eigenvalue weighted by Gasteiger charge is 2.41. The van der Waals surface area contributed by atoms with Gasteiger partial charge in [0.05, 0.1) is 5.70 Å². The summed E-state index contributed by atoms with van der Waals surface area (Å²) in [7, 11) is 1.68. The fourth-order valence-corrected chi connectivity index (χ4v) is 3.78. The Bertz CT molecular complexity index is 1110. The lowest BCUT2D eigenvalue weighted by molar-refractivity contribution is -0.125. The maximum Gasteiger partial charge on any atom is 0.267 e. The van der Waals surface area contributed by atoms with Gasteiger partial charge in [0.15, 0.2) is 6.10 Å². The molecule has 0 saturated carbocycles. The van der Waals surface area contributed by atoms with Crippen molar-refractivity contribution < 1.29 is 14.3 Å². The Hall–Kier alpha value is -3.74. The van der Waals surface area contributed by atoms with Gasteiger partial charge in [-0.05, 0) is 50.4 Å². The number of aromatic nitrogens is 1. The molecule has 7 heteroatoms. The predicted molar refractivity (Wildman–Crippen MR) is 116 cm³/mol. The fourth-order valence-electron chi connectivity index (χ4n) is 3.78. The third-order valence-corrected chi connectivity index (χ3v) is 5.29. The number of hydrogen-bond donors (Lipinski definition) is 0. The molecule has 1 aromatic carbocycles. The van der Waals surface area contributed by atoms with Gasteiger partial charge >= 0.3 is 0 Å². The van der Waals surface area contributed by atoms with Crippen LogP contribution < -0.4 is 14.5 Å². The van der Waals surface area contributed by atoms with Crippen LogP contribution in [0, 0.1) is 0 Å². The number of aliphatic imine (C=N–C) groups is 1. The number of fused-ring (bicyclic) bond motifs is 2. The smallest absolute Gasteiger partial charge is 0.267 e. The van der Waals surface area contributed by atoms with Crippen molar-refractivity contribution in [3.8, 4) is 5.88 Å². The zero-order valence-corrected chi connectivity index (χ0v) is 17.1. The Kier molecular flexibility index (Phi) is 4.95. The van der Waals surface area contributed by atoms with Crippen molar-refractivity contribution >= 4 is 30.0 Å². The Balaban J connectivity index is 1.85. The molecule has 0 radical (unpaired) electrons. The van der Waals surface area contributed by atoms with Crippen LogP contribution in [-0.4, -0.2) is 36.7 Å². The molecule has 0 fully saturated rings. The van der Waals surface area contributed by atoms with Gasteiger partial charge < -0.3 is 9.64 Å². The number of pyridine rings is 1. The van der Waals surface area contributed by atoms with E-state index in [0.29, 0.717) is 28.6 Å². The van der Waals surface area contributed by atoms with E-state index < -0.39 is 12.1 Å². The first-order valence-corrected chi connectivity index (χ1v) is 9.65. The molecule has 2 amide bonds. The lowest BCUT2D eigenvalue weighted by Crippen LogP contribution is -2.42. The van der Waals surface area contributed by atoms with Gasteiger partial charge in [-0.25, -0.2) is 0 Å². The highest BCUT2D eigenvalue weighted by molar-refractivity contribution is 6.11. The molecule has 2 aromatic rings. The number of allylic oxidation sites excluding steroid dienone is 3. The predicted octanol–water partition coefficient (Wildman–Crippen LogP) is 3.69. The van der Waals surface area contributed by atoms with Crippen molar-refractivity contribution in [3.05, 3.63) is 71.5 Å². The number of rotatable bonds is 4. The molecule has 0 N–H and O–H groups in total. The summed E-state index contributed by atoms with van der Waals surface area (Å²) in [5.74, 6) is 0.415. The molecule has 0 aliphatic carbocycles. The van der Waals surface area contributed by atoms with E-state index >= 15 is 0 Å². The van der Waals surface area contributed by atoms with Crippen molar-refractivity contribution in [1.82, 2.24) is 4.98 Å². The lowest BCUT2D eigenvalue weighted by atomic mass is 10.0. The third-order valence-electron chi connectivity index (χ3n) is 5.29. The second-order valence-electron chi connectivity index (χ2n) is 7.09. The standard InChI is InChI=1S/C23H22N4O3/c1-5-6-11-17(24-3)20-15-9-7-8-10-16(15)23(29)27(20)19-13-12-18-21(25-19)30-14(2)22(28)26(18)4/h5-14,20H,3H2,1-2,4H3/b6-5-,17-11-/t14-,20?/m1/s1. The summed E-state index contributed by atoms with van der Waals surface area (Å²) in [4.78, 5) is 37.4. The molecule has 1 unspecified atom stereocenters. The van der Waals surface area contributed by atoms with E-state index in [2.05, 4.69) is 16.7 Å². The second kappa shape index (κ2) is 7.59. The fraction of sp³-hybridized carbons (Fsp3) is 0.217. The van der Waals surface area contributed by atoms with E-state index in [-0.39, 0.29) is 11.8 Å². The summed E-state index contributed by atoms with van der Waals surface area (Å²) in [6.07, 6.45) is 4.94. The number of hydrogen-bond acceptors (Lipinski definition) is 5. The summed E-state index contributed by atoms with van der Waals surface area (Å²) in [5.41, 5.74) is 2.63. The van der Waals surface area contributed by atoms with Gasteiger partial charge in [0.2, 0.25) is 5.88 Å². The molecule has 0 saturated heterocycles. The largest absolute Gasteiger partial charge is 0.463 e. The van der Waals surface area contributed by atoms with Crippen LogP contribution in [0.5, 0.6) is 5.88 Å².